The molecular formula is C16H18BrN3O. The molecule has 110 valence electrons. The number of hydrogen-bond donors (Lipinski definition) is 1. The van der Waals surface area contributed by atoms with E-state index in [-0.39, 0.29) is 11.6 Å². The summed E-state index contributed by atoms with van der Waals surface area (Å²) in [4.78, 5) is 12.1. The van der Waals surface area contributed by atoms with Gasteiger partial charge in [0.25, 0.3) is 5.56 Å². The molecule has 1 aromatic carbocycles. The van der Waals surface area contributed by atoms with Crippen molar-refractivity contribution in [1.29, 1.82) is 0 Å². The van der Waals surface area contributed by atoms with Gasteiger partial charge in [-0.15, -0.1) is 6.58 Å². The highest BCUT2D eigenvalue weighted by atomic mass is 79.9. The fourth-order valence-corrected chi connectivity index (χ4v) is 2.62. The van der Waals surface area contributed by atoms with Gasteiger partial charge in [0.2, 0.25) is 0 Å². The molecule has 2 aromatic rings. The number of nitrogens with one attached hydrogen (secondary N) is 1. The van der Waals surface area contributed by atoms with Gasteiger partial charge in [0, 0.05) is 6.04 Å². The van der Waals surface area contributed by atoms with Crippen molar-refractivity contribution in [3.63, 3.8) is 0 Å². The number of aromatic nitrogens is 2. The van der Waals surface area contributed by atoms with Gasteiger partial charge in [-0.3, -0.25) is 4.79 Å². The Morgan fingerprint density at radius 2 is 2.19 bits per heavy atom. The second-order valence-corrected chi connectivity index (χ2v) is 5.66. The SMILES string of the molecule is C=CCn1ncc(NC(C)c2ccccc2C)c(Br)c1=O. The summed E-state index contributed by atoms with van der Waals surface area (Å²) in [5.41, 5.74) is 2.93. The summed E-state index contributed by atoms with van der Waals surface area (Å²) in [5, 5.41) is 7.47. The van der Waals surface area contributed by atoms with Gasteiger partial charge >= 0.3 is 0 Å². The van der Waals surface area contributed by atoms with Crippen molar-refractivity contribution in [3.8, 4) is 0 Å². The minimum Gasteiger partial charge on any atom is -0.376 e. The van der Waals surface area contributed by atoms with E-state index in [0.29, 0.717) is 16.7 Å². The van der Waals surface area contributed by atoms with E-state index >= 15 is 0 Å². The van der Waals surface area contributed by atoms with Crippen LogP contribution in [0.25, 0.3) is 0 Å². The molecule has 0 aliphatic carbocycles. The smallest absolute Gasteiger partial charge is 0.283 e. The molecule has 2 rings (SSSR count). The molecule has 1 unspecified atom stereocenters. The van der Waals surface area contributed by atoms with Gasteiger partial charge < -0.3 is 5.32 Å². The van der Waals surface area contributed by atoms with Crippen molar-refractivity contribution in [1.82, 2.24) is 9.78 Å². The molecule has 1 heterocycles. The molecule has 0 aliphatic rings. The molecule has 0 spiro atoms. The van der Waals surface area contributed by atoms with Gasteiger partial charge in [-0.05, 0) is 40.9 Å². The topological polar surface area (TPSA) is 46.9 Å². The van der Waals surface area contributed by atoms with Crippen molar-refractivity contribution < 1.29 is 0 Å². The lowest BCUT2D eigenvalue weighted by Gasteiger charge is -2.18. The van der Waals surface area contributed by atoms with Crippen LogP contribution in [-0.4, -0.2) is 9.78 Å². The molecule has 21 heavy (non-hydrogen) atoms. The summed E-state index contributed by atoms with van der Waals surface area (Å²) in [5.74, 6) is 0. The third kappa shape index (κ3) is 3.42. The number of rotatable bonds is 5. The zero-order valence-electron chi connectivity index (χ0n) is 12.1. The van der Waals surface area contributed by atoms with Gasteiger partial charge in [-0.25, -0.2) is 4.68 Å². The van der Waals surface area contributed by atoms with E-state index in [9.17, 15) is 4.79 Å². The third-order valence-corrected chi connectivity index (χ3v) is 4.08. The molecule has 0 fully saturated rings. The average Bonchev–Trinajstić information content (AvgIpc) is 2.47. The lowest BCUT2D eigenvalue weighted by atomic mass is 10.0. The van der Waals surface area contributed by atoms with E-state index in [1.54, 1.807) is 12.3 Å². The highest BCUT2D eigenvalue weighted by Crippen LogP contribution is 2.24. The van der Waals surface area contributed by atoms with Crippen LogP contribution in [0.5, 0.6) is 0 Å². The second-order valence-electron chi connectivity index (χ2n) is 4.87. The number of benzene rings is 1. The molecule has 1 aromatic heterocycles. The molecule has 0 aliphatic heterocycles. The first-order valence-corrected chi connectivity index (χ1v) is 7.52. The first-order valence-electron chi connectivity index (χ1n) is 6.73. The minimum absolute atomic E-state index is 0.0824. The Kier molecular flexibility index (Phi) is 4.96. The van der Waals surface area contributed by atoms with Crippen molar-refractivity contribution >= 4 is 21.6 Å². The Hall–Kier alpha value is -1.88. The summed E-state index contributed by atoms with van der Waals surface area (Å²) in [6.45, 7) is 8.14. The van der Waals surface area contributed by atoms with E-state index in [4.69, 9.17) is 0 Å². The monoisotopic (exact) mass is 347 g/mol. The fourth-order valence-electron chi connectivity index (χ4n) is 2.20. The predicted octanol–water partition coefficient (Wildman–Crippen LogP) is 3.67. The van der Waals surface area contributed by atoms with Crippen molar-refractivity contribution in [2.75, 3.05) is 5.32 Å². The molecule has 0 saturated heterocycles. The number of hydrogen-bond acceptors (Lipinski definition) is 3. The first kappa shape index (κ1) is 15.5. The van der Waals surface area contributed by atoms with Crippen LogP contribution >= 0.6 is 15.9 Å². The van der Waals surface area contributed by atoms with Crippen LogP contribution in [0, 0.1) is 6.92 Å². The Bertz CT molecular complexity index is 709. The van der Waals surface area contributed by atoms with Crippen LogP contribution in [0.1, 0.15) is 24.1 Å². The Balaban J connectivity index is 2.28. The summed E-state index contributed by atoms with van der Waals surface area (Å²) >= 11 is 3.35. The van der Waals surface area contributed by atoms with Crippen molar-refractivity contribution in [2.45, 2.75) is 26.4 Å². The maximum atomic E-state index is 12.1. The average molecular weight is 348 g/mol. The molecule has 0 bridgehead atoms. The quantitative estimate of drug-likeness (QED) is 0.839. The fraction of sp³-hybridized carbons (Fsp3) is 0.250. The molecule has 5 heteroatoms. The van der Waals surface area contributed by atoms with Crippen LogP contribution in [0.2, 0.25) is 0 Å². The summed E-state index contributed by atoms with van der Waals surface area (Å²) in [7, 11) is 0. The number of nitrogens with zero attached hydrogens (tertiary/aromatic N) is 2. The molecular weight excluding hydrogens is 330 g/mol. The van der Waals surface area contributed by atoms with Crippen LogP contribution in [0.3, 0.4) is 0 Å². The number of allylic oxidation sites excluding steroid dienone is 1. The van der Waals surface area contributed by atoms with Crippen LogP contribution < -0.4 is 10.9 Å². The normalized spacial score (nSPS) is 12.0. The molecule has 4 nitrogen and oxygen atoms in total. The maximum Gasteiger partial charge on any atom is 0.283 e. The van der Waals surface area contributed by atoms with Gasteiger partial charge in [0.15, 0.2) is 0 Å². The van der Waals surface area contributed by atoms with E-state index in [1.165, 1.54) is 15.8 Å². The van der Waals surface area contributed by atoms with Gasteiger partial charge in [-0.1, -0.05) is 30.3 Å². The van der Waals surface area contributed by atoms with Crippen LogP contribution in [0.4, 0.5) is 5.69 Å². The molecule has 1 N–H and O–H groups in total. The summed E-state index contributed by atoms with van der Waals surface area (Å²) in [6.07, 6.45) is 3.30. The summed E-state index contributed by atoms with van der Waals surface area (Å²) in [6, 6.07) is 8.25. The van der Waals surface area contributed by atoms with Crippen LogP contribution in [-0.2, 0) is 6.54 Å². The predicted molar refractivity (Wildman–Crippen MR) is 89.6 cm³/mol. The number of halogens is 1. The van der Waals surface area contributed by atoms with Gasteiger partial charge in [-0.2, -0.15) is 5.10 Å². The Morgan fingerprint density at radius 3 is 2.86 bits per heavy atom. The van der Waals surface area contributed by atoms with Gasteiger partial charge in [0.1, 0.15) is 4.47 Å². The zero-order valence-corrected chi connectivity index (χ0v) is 13.7. The lowest BCUT2D eigenvalue weighted by molar-refractivity contribution is 0.647. The number of aryl methyl sites for hydroxylation is 1. The highest BCUT2D eigenvalue weighted by Gasteiger charge is 2.12. The Morgan fingerprint density at radius 1 is 1.48 bits per heavy atom. The van der Waals surface area contributed by atoms with Crippen LogP contribution in [0.15, 0.2) is 52.4 Å². The van der Waals surface area contributed by atoms with Gasteiger partial charge in [0.05, 0.1) is 18.4 Å². The second kappa shape index (κ2) is 6.72. The van der Waals surface area contributed by atoms with E-state index in [2.05, 4.69) is 58.9 Å². The standard InChI is InChI=1S/C16H18BrN3O/c1-4-9-20-16(21)15(17)14(10-18-20)19-12(3)13-8-6-5-7-11(13)2/h4-8,10,12,19H,1,9H2,2-3H3. The molecule has 0 saturated carbocycles. The largest absolute Gasteiger partial charge is 0.376 e. The van der Waals surface area contributed by atoms with Crippen molar-refractivity contribution in [2.24, 2.45) is 0 Å². The molecule has 0 radical (unpaired) electrons. The van der Waals surface area contributed by atoms with E-state index in [1.807, 2.05) is 12.1 Å². The number of anilines is 1. The first-order chi connectivity index (χ1) is 10.0. The third-order valence-electron chi connectivity index (χ3n) is 3.31. The van der Waals surface area contributed by atoms with E-state index < -0.39 is 0 Å². The lowest BCUT2D eigenvalue weighted by Crippen LogP contribution is -2.24. The van der Waals surface area contributed by atoms with Crippen molar-refractivity contribution in [3.05, 3.63) is 69.1 Å². The maximum absolute atomic E-state index is 12.1. The molecule has 0 amide bonds. The zero-order chi connectivity index (χ0) is 15.4. The highest BCUT2D eigenvalue weighted by molar-refractivity contribution is 9.10. The minimum atomic E-state index is -0.170. The summed E-state index contributed by atoms with van der Waals surface area (Å²) < 4.78 is 1.85. The van der Waals surface area contributed by atoms with E-state index in [0.717, 1.165) is 0 Å². The molecule has 1 atom stereocenters. The Labute approximate surface area is 132 Å².